The normalized spacial score (nSPS) is 18.7. The van der Waals surface area contributed by atoms with E-state index in [2.05, 4.69) is 16.8 Å². The lowest BCUT2D eigenvalue weighted by Crippen LogP contribution is -2.43. The molecule has 0 amide bonds. The molecule has 150 valence electrons. The van der Waals surface area contributed by atoms with Gasteiger partial charge in [-0.3, -0.25) is 19.8 Å². The molecule has 29 heavy (non-hydrogen) atoms. The summed E-state index contributed by atoms with van der Waals surface area (Å²) in [6.07, 6.45) is 1.56. The van der Waals surface area contributed by atoms with Crippen LogP contribution in [0, 0.1) is 10.1 Å². The van der Waals surface area contributed by atoms with Crippen LogP contribution in [-0.2, 0) is 6.54 Å². The number of non-ortho nitro benzene ring substituents is 1. The summed E-state index contributed by atoms with van der Waals surface area (Å²) in [6.45, 7) is 4.14. The first-order valence-corrected chi connectivity index (χ1v) is 9.37. The zero-order valence-corrected chi connectivity index (χ0v) is 16.0. The van der Waals surface area contributed by atoms with Crippen molar-refractivity contribution in [2.75, 3.05) is 33.2 Å². The Labute approximate surface area is 167 Å². The Morgan fingerprint density at radius 3 is 2.48 bits per heavy atom. The van der Waals surface area contributed by atoms with Crippen molar-refractivity contribution in [3.05, 3.63) is 69.0 Å². The van der Waals surface area contributed by atoms with Crippen LogP contribution in [0.5, 0.6) is 11.5 Å². The smallest absolute Gasteiger partial charge is 0.269 e. The van der Waals surface area contributed by atoms with Gasteiger partial charge >= 0.3 is 0 Å². The van der Waals surface area contributed by atoms with Crippen molar-refractivity contribution in [3.8, 4) is 11.5 Å². The number of Topliss-reactive ketones (excluding diaryl/α,β-unsaturated/α-hetero) is 1. The molecule has 0 atom stereocenters. The van der Waals surface area contributed by atoms with Gasteiger partial charge < -0.3 is 14.7 Å². The predicted molar refractivity (Wildman–Crippen MR) is 107 cm³/mol. The van der Waals surface area contributed by atoms with Crippen LogP contribution in [0.3, 0.4) is 0 Å². The number of ether oxygens (including phenoxy) is 1. The lowest BCUT2D eigenvalue weighted by atomic mass is 10.0. The van der Waals surface area contributed by atoms with Crippen molar-refractivity contribution in [2.45, 2.75) is 6.54 Å². The summed E-state index contributed by atoms with van der Waals surface area (Å²) in [4.78, 5) is 27.6. The van der Waals surface area contributed by atoms with Crippen molar-refractivity contribution in [3.63, 3.8) is 0 Å². The molecule has 1 fully saturated rings. The molecule has 0 bridgehead atoms. The van der Waals surface area contributed by atoms with Gasteiger partial charge in [-0.05, 0) is 43.0 Å². The van der Waals surface area contributed by atoms with Gasteiger partial charge in [-0.25, -0.2) is 0 Å². The lowest BCUT2D eigenvalue weighted by molar-refractivity contribution is -0.384. The third-order valence-electron chi connectivity index (χ3n) is 5.30. The average Bonchev–Trinajstić information content (AvgIpc) is 3.02. The number of nitro benzene ring substituents is 1. The first-order valence-electron chi connectivity index (χ1n) is 9.37. The van der Waals surface area contributed by atoms with Crippen LogP contribution in [0.15, 0.2) is 42.2 Å². The summed E-state index contributed by atoms with van der Waals surface area (Å²) in [6, 6.07) is 8.98. The molecule has 1 saturated heterocycles. The van der Waals surface area contributed by atoms with Gasteiger partial charge in [0, 0.05) is 44.9 Å². The number of aromatic hydroxyl groups is 1. The van der Waals surface area contributed by atoms with Crippen LogP contribution in [0.4, 0.5) is 5.69 Å². The van der Waals surface area contributed by atoms with Gasteiger partial charge in [0.15, 0.2) is 5.76 Å². The van der Waals surface area contributed by atoms with Gasteiger partial charge in [-0.1, -0.05) is 0 Å². The highest BCUT2D eigenvalue weighted by Gasteiger charge is 2.32. The minimum Gasteiger partial charge on any atom is -0.507 e. The standard InChI is InChI=1S/C21H21N3O5/c1-22-8-10-23(11-9-22)13-17-18(25)7-6-16-20(26)19(29-21(16)17)12-14-2-4-15(5-3-14)24(27)28/h2-7,12,25H,8-11,13H2,1H3/b19-12+. The van der Waals surface area contributed by atoms with Crippen molar-refractivity contribution in [1.29, 1.82) is 0 Å². The maximum atomic E-state index is 12.8. The van der Waals surface area contributed by atoms with Gasteiger partial charge in [0.1, 0.15) is 11.5 Å². The molecule has 0 saturated carbocycles. The van der Waals surface area contributed by atoms with E-state index >= 15 is 0 Å². The molecule has 0 unspecified atom stereocenters. The van der Waals surface area contributed by atoms with Crippen LogP contribution >= 0.6 is 0 Å². The number of nitrogens with zero attached hydrogens (tertiary/aromatic N) is 3. The van der Waals surface area contributed by atoms with Crippen molar-refractivity contribution in [2.24, 2.45) is 0 Å². The zero-order chi connectivity index (χ0) is 20.5. The first kappa shape index (κ1) is 19.1. The molecule has 0 aliphatic carbocycles. The second kappa shape index (κ2) is 7.65. The SMILES string of the molecule is CN1CCN(Cc2c(O)ccc3c2O/C(=C/c2ccc([N+](=O)[O-])cc2)C3=O)CC1. The minimum absolute atomic E-state index is 0.0199. The van der Waals surface area contributed by atoms with Crippen LogP contribution in [0.25, 0.3) is 6.08 Å². The molecular formula is C21H21N3O5. The number of rotatable bonds is 4. The van der Waals surface area contributed by atoms with Gasteiger partial charge in [0.2, 0.25) is 5.78 Å². The molecule has 0 spiro atoms. The van der Waals surface area contributed by atoms with E-state index in [0.29, 0.717) is 29.0 Å². The van der Waals surface area contributed by atoms with E-state index in [1.54, 1.807) is 24.3 Å². The number of likely N-dealkylation sites (N-methyl/N-ethyl adjacent to an activating group) is 1. The van der Waals surface area contributed by atoms with Gasteiger partial charge in [-0.15, -0.1) is 0 Å². The number of carbonyl (C=O) groups excluding carboxylic acids is 1. The van der Waals surface area contributed by atoms with E-state index in [1.165, 1.54) is 18.2 Å². The molecule has 2 aromatic carbocycles. The quantitative estimate of drug-likeness (QED) is 0.483. The Hall–Kier alpha value is -3.23. The number of ketones is 1. The molecule has 8 nitrogen and oxygen atoms in total. The number of carbonyl (C=O) groups is 1. The monoisotopic (exact) mass is 395 g/mol. The maximum Gasteiger partial charge on any atom is 0.269 e. The van der Waals surface area contributed by atoms with Crippen molar-refractivity contribution in [1.82, 2.24) is 9.80 Å². The second-order valence-corrected chi connectivity index (χ2v) is 7.31. The Balaban J connectivity index is 1.59. The molecule has 1 N–H and O–H groups in total. The highest BCUT2D eigenvalue weighted by Crippen LogP contribution is 2.40. The zero-order valence-electron chi connectivity index (χ0n) is 16.0. The fourth-order valence-electron chi connectivity index (χ4n) is 3.52. The number of phenols is 1. The first-order chi connectivity index (χ1) is 13.9. The summed E-state index contributed by atoms with van der Waals surface area (Å²) in [5, 5.41) is 21.2. The molecular weight excluding hydrogens is 374 g/mol. The lowest BCUT2D eigenvalue weighted by Gasteiger charge is -2.32. The number of piperazine rings is 1. The Morgan fingerprint density at radius 1 is 1.14 bits per heavy atom. The number of allylic oxidation sites excluding steroid dienone is 1. The predicted octanol–water partition coefficient (Wildman–Crippen LogP) is 2.66. The topological polar surface area (TPSA) is 96.2 Å². The van der Waals surface area contributed by atoms with Crippen LogP contribution in [0.2, 0.25) is 0 Å². The fraction of sp³-hybridized carbons (Fsp3) is 0.286. The molecule has 2 aliphatic rings. The molecule has 8 heteroatoms. The number of nitro groups is 1. The summed E-state index contributed by atoms with van der Waals surface area (Å²) in [5.41, 5.74) is 1.62. The number of fused-ring (bicyclic) bond motifs is 1. The van der Waals surface area contributed by atoms with Crippen LogP contribution in [-0.4, -0.2) is 58.8 Å². The minimum atomic E-state index is -0.475. The van der Waals surface area contributed by atoms with Crippen LogP contribution < -0.4 is 4.74 Å². The van der Waals surface area contributed by atoms with E-state index in [9.17, 15) is 20.0 Å². The highest BCUT2D eigenvalue weighted by molar-refractivity contribution is 6.15. The van der Waals surface area contributed by atoms with Crippen molar-refractivity contribution >= 4 is 17.5 Å². The second-order valence-electron chi connectivity index (χ2n) is 7.31. The summed E-state index contributed by atoms with van der Waals surface area (Å²) in [7, 11) is 2.08. The third kappa shape index (κ3) is 3.85. The number of hydrogen-bond donors (Lipinski definition) is 1. The summed E-state index contributed by atoms with van der Waals surface area (Å²) >= 11 is 0. The summed E-state index contributed by atoms with van der Waals surface area (Å²) < 4.78 is 5.86. The van der Waals surface area contributed by atoms with E-state index in [0.717, 1.165) is 26.2 Å². The molecule has 2 aliphatic heterocycles. The van der Waals surface area contributed by atoms with Gasteiger partial charge in [0.25, 0.3) is 5.69 Å². The number of hydrogen-bond acceptors (Lipinski definition) is 7. The van der Waals surface area contributed by atoms with E-state index in [1.807, 2.05) is 0 Å². The molecule has 0 aromatic heterocycles. The van der Waals surface area contributed by atoms with Crippen LogP contribution in [0.1, 0.15) is 21.5 Å². The highest BCUT2D eigenvalue weighted by atomic mass is 16.6. The average molecular weight is 395 g/mol. The molecule has 2 heterocycles. The Bertz CT molecular complexity index is 992. The molecule has 0 radical (unpaired) electrons. The van der Waals surface area contributed by atoms with Gasteiger partial charge in [-0.2, -0.15) is 0 Å². The van der Waals surface area contributed by atoms with Crippen molar-refractivity contribution < 1.29 is 19.6 Å². The summed E-state index contributed by atoms with van der Waals surface area (Å²) in [5.74, 6) is 0.367. The molecule has 4 rings (SSSR count). The van der Waals surface area contributed by atoms with E-state index < -0.39 is 4.92 Å². The van der Waals surface area contributed by atoms with Gasteiger partial charge in [0.05, 0.1) is 16.1 Å². The van der Waals surface area contributed by atoms with E-state index in [-0.39, 0.29) is 23.0 Å². The fourth-order valence-corrected chi connectivity index (χ4v) is 3.52. The number of benzene rings is 2. The largest absolute Gasteiger partial charge is 0.507 e. The molecule has 2 aromatic rings. The Kier molecular flexibility index (Phi) is 5.04. The third-order valence-corrected chi connectivity index (χ3v) is 5.30. The number of phenolic OH excluding ortho intramolecular Hbond substituents is 1. The van der Waals surface area contributed by atoms with E-state index in [4.69, 9.17) is 4.74 Å². The maximum absolute atomic E-state index is 12.8. The Morgan fingerprint density at radius 2 is 1.83 bits per heavy atom.